The molecule has 1 aromatic heterocycles. The van der Waals surface area contributed by atoms with Crippen LogP contribution in [0.3, 0.4) is 0 Å². The first kappa shape index (κ1) is 25.2. The first-order chi connectivity index (χ1) is 17.4. The maximum atomic E-state index is 12.6. The predicted octanol–water partition coefficient (Wildman–Crippen LogP) is 4.30. The minimum absolute atomic E-state index is 0.0540. The van der Waals surface area contributed by atoms with Gasteiger partial charge in [-0.1, -0.05) is 30.4 Å². The van der Waals surface area contributed by atoms with Crippen LogP contribution in [0, 0.1) is 0 Å². The molecule has 0 spiro atoms. The smallest absolute Gasteiger partial charge is 0.250 e. The Hall–Kier alpha value is -3.92. The fourth-order valence-corrected chi connectivity index (χ4v) is 4.84. The van der Waals surface area contributed by atoms with E-state index in [0.29, 0.717) is 40.9 Å². The molecule has 10 heteroatoms. The molecule has 0 radical (unpaired) electrons. The number of aryl methyl sites for hydroxylation is 1. The van der Waals surface area contributed by atoms with Gasteiger partial charge in [0, 0.05) is 30.6 Å². The topological polar surface area (TPSA) is 103 Å². The van der Waals surface area contributed by atoms with E-state index >= 15 is 0 Å². The number of carbonyl (C=O) groups excluding carboxylic acids is 2. The first-order valence-electron chi connectivity index (χ1n) is 11.5. The molecule has 1 saturated heterocycles. The molecule has 1 aliphatic rings. The van der Waals surface area contributed by atoms with Crippen LogP contribution in [0.2, 0.25) is 0 Å². The fraction of sp³-hybridized carbons (Fsp3) is 0.308. The van der Waals surface area contributed by atoms with E-state index in [1.807, 2.05) is 24.3 Å². The Morgan fingerprint density at radius 3 is 2.42 bits per heavy atom. The highest BCUT2D eigenvalue weighted by Gasteiger charge is 2.34. The lowest BCUT2D eigenvalue weighted by molar-refractivity contribution is -0.117. The summed E-state index contributed by atoms with van der Waals surface area (Å²) >= 11 is 1.28. The Morgan fingerprint density at radius 2 is 1.81 bits per heavy atom. The van der Waals surface area contributed by atoms with Crippen LogP contribution in [0.25, 0.3) is 6.08 Å². The number of hydrogen-bond donors (Lipinski definition) is 1. The molecule has 4 rings (SSSR count). The molecule has 1 N–H and O–H groups in total. The molecular weight excluding hydrogens is 480 g/mol. The number of rotatable bonds is 9. The number of ether oxygens (including phenoxy) is 3. The molecule has 1 aliphatic heterocycles. The summed E-state index contributed by atoms with van der Waals surface area (Å²) in [5.41, 5.74) is 2.81. The number of carbonyl (C=O) groups is 2. The molecule has 0 saturated carbocycles. The Kier molecular flexibility index (Phi) is 7.84. The van der Waals surface area contributed by atoms with Crippen molar-refractivity contribution in [3.8, 4) is 17.2 Å². The summed E-state index contributed by atoms with van der Waals surface area (Å²) in [6.45, 7) is 2.63. The molecule has 1 fully saturated rings. The minimum atomic E-state index is -0.355. The largest absolute Gasteiger partial charge is 0.493 e. The Morgan fingerprint density at radius 1 is 1.11 bits per heavy atom. The summed E-state index contributed by atoms with van der Waals surface area (Å²) in [6.07, 6.45) is 4.34. The van der Waals surface area contributed by atoms with Gasteiger partial charge in [0.2, 0.25) is 22.7 Å². The van der Waals surface area contributed by atoms with Crippen molar-refractivity contribution < 1.29 is 23.8 Å². The van der Waals surface area contributed by atoms with Gasteiger partial charge in [-0.25, -0.2) is 0 Å². The maximum Gasteiger partial charge on any atom is 0.250 e. The number of anilines is 2. The van der Waals surface area contributed by atoms with Crippen LogP contribution < -0.4 is 24.4 Å². The highest BCUT2D eigenvalue weighted by atomic mass is 32.1. The minimum Gasteiger partial charge on any atom is -0.493 e. The van der Waals surface area contributed by atoms with Crippen LogP contribution in [0.4, 0.5) is 10.8 Å². The lowest BCUT2D eigenvalue weighted by Crippen LogP contribution is -2.24. The van der Waals surface area contributed by atoms with E-state index < -0.39 is 0 Å². The summed E-state index contributed by atoms with van der Waals surface area (Å²) < 4.78 is 16.0. The maximum absolute atomic E-state index is 12.6. The summed E-state index contributed by atoms with van der Waals surface area (Å²) in [5, 5.41) is 12.2. The van der Waals surface area contributed by atoms with Crippen molar-refractivity contribution in [2.45, 2.75) is 25.7 Å². The summed E-state index contributed by atoms with van der Waals surface area (Å²) in [7, 11) is 4.59. The Bertz CT molecular complexity index is 1250. The zero-order valence-electron chi connectivity index (χ0n) is 20.6. The number of nitrogens with one attached hydrogen (secondary N) is 1. The fourth-order valence-electron chi connectivity index (χ4n) is 4.00. The van der Waals surface area contributed by atoms with Crippen LogP contribution in [-0.4, -0.2) is 49.9 Å². The van der Waals surface area contributed by atoms with Gasteiger partial charge in [0.05, 0.1) is 21.3 Å². The van der Waals surface area contributed by atoms with Crippen molar-refractivity contribution >= 4 is 40.0 Å². The molecule has 36 heavy (non-hydrogen) atoms. The van der Waals surface area contributed by atoms with E-state index in [0.717, 1.165) is 17.1 Å². The second-order valence-electron chi connectivity index (χ2n) is 8.15. The molecule has 9 nitrogen and oxygen atoms in total. The second-order valence-corrected chi connectivity index (χ2v) is 9.16. The average molecular weight is 509 g/mol. The van der Waals surface area contributed by atoms with E-state index in [1.54, 1.807) is 23.1 Å². The highest BCUT2D eigenvalue weighted by molar-refractivity contribution is 7.15. The molecule has 2 aromatic carbocycles. The molecule has 3 aromatic rings. The second kappa shape index (κ2) is 11.2. The van der Waals surface area contributed by atoms with E-state index in [-0.39, 0.29) is 17.7 Å². The van der Waals surface area contributed by atoms with E-state index in [1.165, 1.54) is 44.3 Å². The van der Waals surface area contributed by atoms with Gasteiger partial charge in [-0.15, -0.1) is 10.2 Å². The van der Waals surface area contributed by atoms with Crippen molar-refractivity contribution in [3.63, 3.8) is 0 Å². The van der Waals surface area contributed by atoms with Crippen LogP contribution >= 0.6 is 11.3 Å². The number of hydrogen-bond acceptors (Lipinski definition) is 8. The van der Waals surface area contributed by atoms with Crippen molar-refractivity contribution in [3.05, 3.63) is 58.6 Å². The molecule has 1 atom stereocenters. The normalized spacial score (nSPS) is 15.4. The van der Waals surface area contributed by atoms with Gasteiger partial charge in [0.25, 0.3) is 0 Å². The van der Waals surface area contributed by atoms with Crippen molar-refractivity contribution in [2.75, 3.05) is 38.1 Å². The monoisotopic (exact) mass is 508 g/mol. The summed E-state index contributed by atoms with van der Waals surface area (Å²) in [5.74, 6) is 1.09. The van der Waals surface area contributed by atoms with Gasteiger partial charge in [0.15, 0.2) is 11.5 Å². The Labute approximate surface area is 213 Å². The molecule has 0 aliphatic carbocycles. The number of aromatic nitrogens is 2. The van der Waals surface area contributed by atoms with Crippen LogP contribution in [0.1, 0.15) is 35.4 Å². The van der Waals surface area contributed by atoms with Crippen LogP contribution in [-0.2, 0) is 16.0 Å². The van der Waals surface area contributed by atoms with E-state index in [4.69, 9.17) is 14.2 Å². The average Bonchev–Trinajstić information content (AvgIpc) is 3.53. The Balaban J connectivity index is 1.40. The van der Waals surface area contributed by atoms with Crippen molar-refractivity contribution in [1.29, 1.82) is 0 Å². The molecule has 188 valence electrons. The first-order valence-corrected chi connectivity index (χ1v) is 12.3. The van der Waals surface area contributed by atoms with Gasteiger partial charge < -0.3 is 19.1 Å². The summed E-state index contributed by atoms with van der Waals surface area (Å²) in [6, 6.07) is 11.5. The molecule has 2 heterocycles. The van der Waals surface area contributed by atoms with Gasteiger partial charge >= 0.3 is 0 Å². The summed E-state index contributed by atoms with van der Waals surface area (Å²) in [4.78, 5) is 26.9. The lowest BCUT2D eigenvalue weighted by Gasteiger charge is -2.16. The standard InChI is InChI=1S/C26H28N4O5S/c1-5-16-6-9-19(10-7-16)30-15-18(14-23(30)32)25-28-29-26(36-25)27-22(31)11-8-17-12-20(33-2)24(35-4)21(13-17)34-3/h6-13,18H,5,14-15H2,1-4H3,(H,27,29,31)/b11-8+. The molecular formula is C26H28N4O5S. The molecule has 2 amide bonds. The van der Waals surface area contributed by atoms with Gasteiger partial charge in [0.1, 0.15) is 5.01 Å². The number of amides is 2. The quantitative estimate of drug-likeness (QED) is 0.430. The van der Waals surface area contributed by atoms with Crippen molar-refractivity contribution in [2.24, 2.45) is 0 Å². The third-order valence-electron chi connectivity index (χ3n) is 5.92. The van der Waals surface area contributed by atoms with Crippen LogP contribution in [0.5, 0.6) is 17.2 Å². The zero-order chi connectivity index (χ0) is 25.7. The molecule has 0 bridgehead atoms. The third kappa shape index (κ3) is 5.49. The van der Waals surface area contributed by atoms with Gasteiger partial charge in [-0.3, -0.25) is 14.9 Å². The van der Waals surface area contributed by atoms with Gasteiger partial charge in [-0.2, -0.15) is 0 Å². The number of nitrogens with zero attached hydrogens (tertiary/aromatic N) is 3. The van der Waals surface area contributed by atoms with E-state index in [2.05, 4.69) is 22.4 Å². The number of benzene rings is 2. The van der Waals surface area contributed by atoms with Crippen molar-refractivity contribution in [1.82, 2.24) is 10.2 Å². The van der Waals surface area contributed by atoms with Crippen LogP contribution in [0.15, 0.2) is 42.5 Å². The third-order valence-corrected chi connectivity index (χ3v) is 6.92. The van der Waals surface area contributed by atoms with Gasteiger partial charge in [-0.05, 0) is 47.9 Å². The SMILES string of the molecule is CCc1ccc(N2CC(c3nnc(NC(=O)/C=C/c4cc(OC)c(OC)c(OC)c4)s3)CC2=O)cc1. The number of methoxy groups -OCH3 is 3. The van der Waals surface area contributed by atoms with E-state index in [9.17, 15) is 9.59 Å². The highest BCUT2D eigenvalue weighted by Crippen LogP contribution is 2.38. The molecule has 1 unspecified atom stereocenters. The lowest BCUT2D eigenvalue weighted by atomic mass is 10.1. The zero-order valence-corrected chi connectivity index (χ0v) is 21.4. The predicted molar refractivity (Wildman–Crippen MR) is 139 cm³/mol.